The van der Waals surface area contributed by atoms with Crippen molar-refractivity contribution in [1.82, 2.24) is 0 Å². The van der Waals surface area contributed by atoms with E-state index in [1.54, 1.807) is 24.3 Å². The summed E-state index contributed by atoms with van der Waals surface area (Å²) < 4.78 is 23.2. The average molecular weight is 315 g/mol. The van der Waals surface area contributed by atoms with Gasteiger partial charge in [0, 0.05) is 25.1 Å². The number of nitrogens with one attached hydrogen (secondary N) is 1. The Bertz CT molecular complexity index is 758. The van der Waals surface area contributed by atoms with Crippen molar-refractivity contribution >= 4 is 17.6 Å². The largest absolute Gasteiger partial charge is 0.427 e. The highest BCUT2D eigenvalue weighted by atomic mass is 19.1. The van der Waals surface area contributed by atoms with Gasteiger partial charge in [0.15, 0.2) is 0 Å². The predicted octanol–water partition coefficient (Wildman–Crippen LogP) is 2.69. The van der Waals surface area contributed by atoms with E-state index in [0.29, 0.717) is 23.6 Å². The van der Waals surface area contributed by atoms with E-state index in [-0.39, 0.29) is 5.82 Å². The number of hydrogen-bond donors (Lipinski definition) is 1. The SMILES string of the molecule is CC(=O)Oc1ccc2c(c1)OC(=O)C(Nc1ccc(F)cc1)C2. The number of carbonyl (C=O) groups excluding carboxylic acids is 2. The van der Waals surface area contributed by atoms with Crippen LogP contribution in [0.15, 0.2) is 42.5 Å². The molecule has 0 radical (unpaired) electrons. The molecule has 0 aromatic heterocycles. The summed E-state index contributed by atoms with van der Waals surface area (Å²) in [5.74, 6) is -0.519. The molecule has 0 saturated carbocycles. The van der Waals surface area contributed by atoms with E-state index in [1.807, 2.05) is 0 Å². The number of fused-ring (bicyclic) bond motifs is 1. The molecule has 0 aliphatic carbocycles. The van der Waals surface area contributed by atoms with Gasteiger partial charge >= 0.3 is 11.9 Å². The highest BCUT2D eigenvalue weighted by Gasteiger charge is 2.28. The lowest BCUT2D eigenvalue weighted by Gasteiger charge is -2.25. The molecule has 1 heterocycles. The predicted molar refractivity (Wildman–Crippen MR) is 80.9 cm³/mol. The van der Waals surface area contributed by atoms with Gasteiger partial charge in [0.05, 0.1) is 0 Å². The quantitative estimate of drug-likeness (QED) is 0.697. The first-order valence-corrected chi connectivity index (χ1v) is 7.06. The van der Waals surface area contributed by atoms with E-state index < -0.39 is 18.0 Å². The first kappa shape index (κ1) is 15.0. The Hall–Kier alpha value is -2.89. The molecule has 0 saturated heterocycles. The third kappa shape index (κ3) is 3.48. The summed E-state index contributed by atoms with van der Waals surface area (Å²) in [4.78, 5) is 23.1. The third-order valence-corrected chi connectivity index (χ3v) is 3.40. The Morgan fingerprint density at radius 1 is 1.26 bits per heavy atom. The minimum absolute atomic E-state index is 0.328. The zero-order valence-corrected chi connectivity index (χ0v) is 12.3. The Kier molecular flexibility index (Phi) is 3.97. The fraction of sp³-hybridized carbons (Fsp3) is 0.176. The molecule has 1 aliphatic heterocycles. The van der Waals surface area contributed by atoms with Gasteiger partial charge in [-0.1, -0.05) is 6.07 Å². The van der Waals surface area contributed by atoms with Crippen molar-refractivity contribution in [2.24, 2.45) is 0 Å². The van der Waals surface area contributed by atoms with Crippen molar-refractivity contribution in [3.63, 3.8) is 0 Å². The summed E-state index contributed by atoms with van der Waals surface area (Å²) in [5.41, 5.74) is 1.45. The minimum atomic E-state index is -0.562. The van der Waals surface area contributed by atoms with Gasteiger partial charge in [-0.3, -0.25) is 4.79 Å². The molecule has 23 heavy (non-hydrogen) atoms. The number of esters is 2. The molecular weight excluding hydrogens is 301 g/mol. The highest BCUT2D eigenvalue weighted by Crippen LogP contribution is 2.30. The van der Waals surface area contributed by atoms with Crippen LogP contribution in [0.5, 0.6) is 11.5 Å². The van der Waals surface area contributed by atoms with Crippen LogP contribution in [0.3, 0.4) is 0 Å². The zero-order valence-electron chi connectivity index (χ0n) is 12.3. The van der Waals surface area contributed by atoms with Crippen LogP contribution in [0.25, 0.3) is 0 Å². The summed E-state index contributed by atoms with van der Waals surface area (Å²) in [6.07, 6.45) is 0.423. The topological polar surface area (TPSA) is 64.6 Å². The third-order valence-electron chi connectivity index (χ3n) is 3.40. The molecule has 5 nitrogen and oxygen atoms in total. The van der Waals surface area contributed by atoms with Crippen LogP contribution in [0.2, 0.25) is 0 Å². The van der Waals surface area contributed by atoms with E-state index in [2.05, 4.69) is 5.32 Å². The van der Waals surface area contributed by atoms with Gasteiger partial charge in [0.25, 0.3) is 0 Å². The number of carbonyl (C=O) groups is 2. The second-order valence-electron chi connectivity index (χ2n) is 5.19. The van der Waals surface area contributed by atoms with E-state index in [0.717, 1.165) is 5.56 Å². The number of hydrogen-bond acceptors (Lipinski definition) is 5. The van der Waals surface area contributed by atoms with Crippen LogP contribution in [0, 0.1) is 5.82 Å². The molecule has 1 aliphatic rings. The maximum atomic E-state index is 12.9. The molecule has 2 aromatic rings. The molecule has 0 bridgehead atoms. The summed E-state index contributed by atoms with van der Waals surface area (Å²) in [7, 11) is 0. The molecule has 0 fully saturated rings. The Morgan fingerprint density at radius 3 is 2.70 bits per heavy atom. The Morgan fingerprint density at radius 2 is 2.00 bits per heavy atom. The first-order chi connectivity index (χ1) is 11.0. The van der Waals surface area contributed by atoms with Gasteiger partial charge in [0.1, 0.15) is 23.4 Å². The van der Waals surface area contributed by atoms with Crippen molar-refractivity contribution < 1.29 is 23.5 Å². The Balaban J connectivity index is 1.76. The summed E-state index contributed by atoms with van der Waals surface area (Å²) >= 11 is 0. The normalized spacial score (nSPS) is 16.3. The molecule has 3 rings (SSSR count). The van der Waals surface area contributed by atoms with Crippen molar-refractivity contribution in [3.8, 4) is 11.5 Å². The lowest BCUT2D eigenvalue weighted by molar-refractivity contribution is -0.136. The van der Waals surface area contributed by atoms with Crippen LogP contribution in [-0.2, 0) is 16.0 Å². The van der Waals surface area contributed by atoms with Crippen molar-refractivity contribution in [2.45, 2.75) is 19.4 Å². The molecule has 1 N–H and O–H groups in total. The summed E-state index contributed by atoms with van der Waals surface area (Å²) in [6.45, 7) is 1.30. The second kappa shape index (κ2) is 6.08. The van der Waals surface area contributed by atoms with Gasteiger partial charge in [-0.15, -0.1) is 0 Å². The monoisotopic (exact) mass is 315 g/mol. The number of benzene rings is 2. The van der Waals surface area contributed by atoms with Crippen molar-refractivity contribution in [2.75, 3.05) is 5.32 Å². The number of rotatable bonds is 3. The first-order valence-electron chi connectivity index (χ1n) is 7.06. The van der Waals surface area contributed by atoms with E-state index in [4.69, 9.17) is 9.47 Å². The minimum Gasteiger partial charge on any atom is -0.427 e. The lowest BCUT2D eigenvalue weighted by atomic mass is 10.0. The van der Waals surface area contributed by atoms with E-state index in [9.17, 15) is 14.0 Å². The summed E-state index contributed by atoms with van der Waals surface area (Å²) in [5, 5.41) is 3.02. The van der Waals surface area contributed by atoms with Gasteiger partial charge in [-0.05, 0) is 35.9 Å². The summed E-state index contributed by atoms with van der Waals surface area (Å²) in [6, 6.07) is 10.1. The Labute approximate surface area is 132 Å². The molecule has 0 amide bonds. The van der Waals surface area contributed by atoms with Crippen molar-refractivity contribution in [1.29, 1.82) is 0 Å². The van der Waals surface area contributed by atoms with E-state index >= 15 is 0 Å². The fourth-order valence-electron chi connectivity index (χ4n) is 2.37. The zero-order chi connectivity index (χ0) is 16.4. The highest BCUT2D eigenvalue weighted by molar-refractivity contribution is 5.84. The van der Waals surface area contributed by atoms with Gasteiger partial charge in [-0.2, -0.15) is 0 Å². The standard InChI is InChI=1S/C17H14FNO4/c1-10(20)22-14-7-2-11-8-15(17(21)23-16(11)9-14)19-13-5-3-12(18)4-6-13/h2-7,9,15,19H,8H2,1H3. The number of ether oxygens (including phenoxy) is 2. The van der Waals surface area contributed by atoms with Crippen LogP contribution >= 0.6 is 0 Å². The smallest absolute Gasteiger partial charge is 0.334 e. The lowest BCUT2D eigenvalue weighted by Crippen LogP contribution is -2.38. The fourth-order valence-corrected chi connectivity index (χ4v) is 2.37. The van der Waals surface area contributed by atoms with Crippen LogP contribution in [0.1, 0.15) is 12.5 Å². The van der Waals surface area contributed by atoms with Crippen molar-refractivity contribution in [3.05, 3.63) is 53.8 Å². The van der Waals surface area contributed by atoms with Gasteiger partial charge in [-0.25, -0.2) is 9.18 Å². The molecule has 0 spiro atoms. The molecule has 6 heteroatoms. The maximum absolute atomic E-state index is 12.9. The van der Waals surface area contributed by atoms with E-state index in [1.165, 1.54) is 25.1 Å². The van der Waals surface area contributed by atoms with Crippen LogP contribution in [-0.4, -0.2) is 18.0 Å². The molecular formula is C17H14FNO4. The van der Waals surface area contributed by atoms with Crippen LogP contribution in [0.4, 0.5) is 10.1 Å². The van der Waals surface area contributed by atoms with Gasteiger partial charge in [0.2, 0.25) is 0 Å². The average Bonchev–Trinajstić information content (AvgIpc) is 2.50. The molecule has 1 atom stereocenters. The number of halogens is 1. The van der Waals surface area contributed by atoms with Gasteiger partial charge < -0.3 is 14.8 Å². The van der Waals surface area contributed by atoms with Crippen LogP contribution < -0.4 is 14.8 Å². The second-order valence-corrected chi connectivity index (χ2v) is 5.19. The molecule has 1 unspecified atom stereocenters. The number of anilines is 1. The molecule has 118 valence electrons. The molecule has 2 aromatic carbocycles. The maximum Gasteiger partial charge on any atom is 0.334 e.